The lowest BCUT2D eigenvalue weighted by Gasteiger charge is -2.45. The zero-order valence-corrected chi connectivity index (χ0v) is 25.6. The Labute approximate surface area is 267 Å². The molecule has 0 spiro atoms. The molecule has 1 aromatic heterocycles. The van der Waals surface area contributed by atoms with Crippen LogP contribution in [0.2, 0.25) is 0 Å². The minimum atomic E-state index is -1.89. The lowest BCUT2D eigenvalue weighted by atomic mass is 9.97. The number of aliphatic hydroxyl groups is 6. The molecule has 3 heterocycles. The van der Waals surface area contributed by atoms with Crippen LogP contribution in [0.5, 0.6) is 23.0 Å². The van der Waals surface area contributed by atoms with Gasteiger partial charge in [0.25, 0.3) is 0 Å². The van der Waals surface area contributed by atoms with Gasteiger partial charge < -0.3 is 69.3 Å². The van der Waals surface area contributed by atoms with Crippen molar-refractivity contribution in [3.63, 3.8) is 0 Å². The normalized spacial score (nSPS) is 31.1. The maximum Gasteiger partial charge on any atom is 0.239 e. The SMILES string of the molecule is CC(C)=CCc1c(O)cc(O)c2c(=O)c(OC3OC(C)C(O)C(O)C3OC3OC(CO)C(O)C(O)C3O)c(-c3ccc(O)cc3)oc12. The van der Waals surface area contributed by atoms with E-state index in [1.54, 1.807) is 6.08 Å². The molecule has 0 saturated carbocycles. The standard InChI is InChI=1S/C32H38O15/c1-12(2)4-9-16-17(35)10-18(36)20-23(39)29(27(45-28(16)20)14-5-7-15(34)8-6-14)46-32-30(25(41)21(37)13(3)43-32)47-31-26(42)24(40)22(38)19(11-33)44-31/h4-8,10,13,19,21-22,24-26,30-38,40-42H,9,11H2,1-3H3. The Bertz CT molecular complexity index is 1660. The fourth-order valence-electron chi connectivity index (χ4n) is 5.48. The van der Waals surface area contributed by atoms with Crippen LogP contribution in [-0.4, -0.2) is 114 Å². The molecule has 9 N–H and O–H groups in total. The highest BCUT2D eigenvalue weighted by Crippen LogP contribution is 2.40. The van der Waals surface area contributed by atoms with Gasteiger partial charge in [-0.1, -0.05) is 11.6 Å². The van der Waals surface area contributed by atoms with Crippen LogP contribution in [0.3, 0.4) is 0 Å². The molecule has 2 fully saturated rings. The van der Waals surface area contributed by atoms with Crippen molar-refractivity contribution in [1.29, 1.82) is 0 Å². The summed E-state index contributed by atoms with van der Waals surface area (Å²) in [6, 6.07) is 6.45. The first-order chi connectivity index (χ1) is 22.2. The molecule has 10 atom stereocenters. The molecule has 2 aliphatic rings. The summed E-state index contributed by atoms with van der Waals surface area (Å²) in [5, 5.41) is 93.3. The number of phenols is 3. The van der Waals surface area contributed by atoms with E-state index in [1.165, 1.54) is 31.2 Å². The summed E-state index contributed by atoms with van der Waals surface area (Å²) in [7, 11) is 0. The Morgan fingerprint density at radius 3 is 2.19 bits per heavy atom. The minimum Gasteiger partial charge on any atom is -0.508 e. The third-order valence-corrected chi connectivity index (χ3v) is 8.19. The Kier molecular flexibility index (Phi) is 10.1. The highest BCUT2D eigenvalue weighted by molar-refractivity contribution is 5.91. The van der Waals surface area contributed by atoms with Crippen molar-refractivity contribution < 1.29 is 69.3 Å². The quantitative estimate of drug-likeness (QED) is 0.145. The monoisotopic (exact) mass is 662 g/mol. The molecule has 3 aromatic rings. The minimum absolute atomic E-state index is 0.103. The van der Waals surface area contributed by atoms with Crippen molar-refractivity contribution in [3.8, 4) is 34.3 Å². The second kappa shape index (κ2) is 13.8. The average Bonchev–Trinajstić information content (AvgIpc) is 3.02. The van der Waals surface area contributed by atoms with Gasteiger partial charge in [-0.25, -0.2) is 0 Å². The van der Waals surface area contributed by atoms with Gasteiger partial charge in [-0.3, -0.25) is 4.79 Å². The summed E-state index contributed by atoms with van der Waals surface area (Å²) < 4.78 is 29.2. The zero-order valence-electron chi connectivity index (χ0n) is 25.6. The van der Waals surface area contributed by atoms with Gasteiger partial charge in [0, 0.05) is 17.2 Å². The van der Waals surface area contributed by atoms with Gasteiger partial charge in [0.05, 0.1) is 12.7 Å². The third kappa shape index (κ3) is 6.67. The molecule has 15 nitrogen and oxygen atoms in total. The smallest absolute Gasteiger partial charge is 0.239 e. The molecule has 0 radical (unpaired) electrons. The van der Waals surface area contributed by atoms with Gasteiger partial charge in [0.2, 0.25) is 17.5 Å². The van der Waals surface area contributed by atoms with E-state index in [0.717, 1.165) is 11.6 Å². The summed E-state index contributed by atoms with van der Waals surface area (Å²) in [5.41, 5.74) is 0.231. The average molecular weight is 663 g/mol. The van der Waals surface area contributed by atoms with Crippen LogP contribution in [0.25, 0.3) is 22.3 Å². The Balaban J connectivity index is 1.64. The molecule has 2 aromatic carbocycles. The molecule has 15 heteroatoms. The van der Waals surface area contributed by atoms with E-state index in [4.69, 9.17) is 23.4 Å². The van der Waals surface area contributed by atoms with Crippen LogP contribution < -0.4 is 10.2 Å². The first kappa shape index (κ1) is 34.6. The molecule has 256 valence electrons. The number of phenolic OH excluding ortho intramolecular Hbond substituents is 3. The topological polar surface area (TPSA) is 249 Å². The van der Waals surface area contributed by atoms with Crippen LogP contribution in [0.4, 0.5) is 0 Å². The number of fused-ring (bicyclic) bond motifs is 1. The summed E-state index contributed by atoms with van der Waals surface area (Å²) in [5.74, 6) is -1.85. The van der Waals surface area contributed by atoms with E-state index in [1.807, 2.05) is 13.8 Å². The van der Waals surface area contributed by atoms with Crippen LogP contribution in [0.1, 0.15) is 26.3 Å². The van der Waals surface area contributed by atoms with Crippen molar-refractivity contribution >= 4 is 11.0 Å². The summed E-state index contributed by atoms with van der Waals surface area (Å²) >= 11 is 0. The summed E-state index contributed by atoms with van der Waals surface area (Å²) in [6.45, 7) is 4.31. The second-order valence-corrected chi connectivity index (χ2v) is 11.8. The Hall–Kier alpha value is -3.77. The number of ether oxygens (including phenoxy) is 4. The predicted octanol–water partition coefficient (Wildman–Crippen LogP) is 0.116. The fourth-order valence-corrected chi connectivity index (χ4v) is 5.48. The number of aromatic hydroxyl groups is 3. The van der Waals surface area contributed by atoms with E-state index >= 15 is 0 Å². The highest BCUT2D eigenvalue weighted by atomic mass is 16.8. The lowest BCUT2D eigenvalue weighted by molar-refractivity contribution is -0.355. The van der Waals surface area contributed by atoms with Crippen LogP contribution >= 0.6 is 0 Å². The largest absolute Gasteiger partial charge is 0.508 e. The van der Waals surface area contributed by atoms with Crippen molar-refractivity contribution in [2.45, 2.75) is 88.6 Å². The van der Waals surface area contributed by atoms with E-state index in [2.05, 4.69) is 0 Å². The summed E-state index contributed by atoms with van der Waals surface area (Å²) in [6.07, 6.45) is -14.6. The van der Waals surface area contributed by atoms with Gasteiger partial charge in [-0.2, -0.15) is 0 Å². The van der Waals surface area contributed by atoms with Gasteiger partial charge in [-0.05, 0) is 51.5 Å². The lowest BCUT2D eigenvalue weighted by Crippen LogP contribution is -2.64. The molecule has 47 heavy (non-hydrogen) atoms. The van der Waals surface area contributed by atoms with E-state index in [-0.39, 0.29) is 45.8 Å². The molecule has 0 amide bonds. The van der Waals surface area contributed by atoms with Crippen molar-refractivity contribution in [2.24, 2.45) is 0 Å². The van der Waals surface area contributed by atoms with Gasteiger partial charge in [-0.15, -0.1) is 0 Å². The number of allylic oxidation sites excluding steroid dienone is 2. The Morgan fingerprint density at radius 2 is 1.55 bits per heavy atom. The summed E-state index contributed by atoms with van der Waals surface area (Å²) in [4.78, 5) is 14.2. The molecule has 0 aliphatic carbocycles. The molecule has 5 rings (SSSR count). The van der Waals surface area contributed by atoms with Crippen molar-refractivity contribution in [2.75, 3.05) is 6.61 Å². The molecule has 2 saturated heterocycles. The van der Waals surface area contributed by atoms with Gasteiger partial charge in [0.1, 0.15) is 64.8 Å². The molecule has 10 unspecified atom stereocenters. The van der Waals surface area contributed by atoms with E-state index in [9.17, 15) is 50.8 Å². The van der Waals surface area contributed by atoms with Gasteiger partial charge >= 0.3 is 0 Å². The van der Waals surface area contributed by atoms with Crippen LogP contribution in [0.15, 0.2) is 51.2 Å². The van der Waals surface area contributed by atoms with Gasteiger partial charge in [0.15, 0.2) is 18.2 Å². The van der Waals surface area contributed by atoms with Crippen molar-refractivity contribution in [3.05, 3.63) is 57.8 Å². The second-order valence-electron chi connectivity index (χ2n) is 11.8. The fraction of sp³-hybridized carbons (Fsp3) is 0.469. The number of rotatable bonds is 8. The highest BCUT2D eigenvalue weighted by Gasteiger charge is 2.51. The molecular formula is C32H38O15. The third-order valence-electron chi connectivity index (χ3n) is 8.19. The van der Waals surface area contributed by atoms with Crippen molar-refractivity contribution in [1.82, 2.24) is 0 Å². The maximum atomic E-state index is 14.2. The zero-order chi connectivity index (χ0) is 34.3. The molecule has 2 aliphatic heterocycles. The number of hydrogen-bond donors (Lipinski definition) is 9. The van der Waals surface area contributed by atoms with Crippen LogP contribution in [-0.2, 0) is 20.6 Å². The van der Waals surface area contributed by atoms with E-state index < -0.39 is 84.9 Å². The number of hydrogen-bond acceptors (Lipinski definition) is 15. The van der Waals surface area contributed by atoms with Crippen LogP contribution in [0, 0.1) is 0 Å². The number of aliphatic hydroxyl groups excluding tert-OH is 6. The number of benzene rings is 2. The Morgan fingerprint density at radius 1 is 0.872 bits per heavy atom. The predicted molar refractivity (Wildman–Crippen MR) is 162 cm³/mol. The van der Waals surface area contributed by atoms with E-state index in [0.29, 0.717) is 0 Å². The molecule has 0 bridgehead atoms. The first-order valence-electron chi connectivity index (χ1n) is 14.8. The first-order valence-corrected chi connectivity index (χ1v) is 14.8. The maximum absolute atomic E-state index is 14.2. The molecular weight excluding hydrogens is 624 g/mol.